The summed E-state index contributed by atoms with van der Waals surface area (Å²) in [6.45, 7) is 9.13. The van der Waals surface area contributed by atoms with E-state index in [0.717, 1.165) is 32.0 Å². The van der Waals surface area contributed by atoms with Gasteiger partial charge < -0.3 is 10.2 Å². The summed E-state index contributed by atoms with van der Waals surface area (Å²) in [6, 6.07) is 4.33. The van der Waals surface area contributed by atoms with Gasteiger partial charge in [0, 0.05) is 24.5 Å². The van der Waals surface area contributed by atoms with Gasteiger partial charge in [-0.15, -0.1) is 11.3 Å². The molecule has 0 unspecified atom stereocenters. The molecule has 1 aromatic rings. The van der Waals surface area contributed by atoms with Crippen molar-refractivity contribution in [3.05, 3.63) is 22.4 Å². The molecule has 0 aromatic carbocycles. The predicted molar refractivity (Wildman–Crippen MR) is 77.8 cm³/mol. The van der Waals surface area contributed by atoms with Crippen LogP contribution < -0.4 is 5.32 Å². The number of thiophene rings is 1. The lowest BCUT2D eigenvalue weighted by molar-refractivity contribution is 0.309. The van der Waals surface area contributed by atoms with Crippen molar-refractivity contribution in [3.8, 4) is 0 Å². The Hall–Kier alpha value is -0.380. The molecule has 98 valence electrons. The Bertz CT molecular complexity index is 270. The standard InChI is InChI=1S/C14H26N2S/c1-13(2)7-10-16(3)11-9-15-8-6-14-5-4-12-17-14/h4-5,12-13,15H,6-11H2,1-3H3. The van der Waals surface area contributed by atoms with Gasteiger partial charge >= 0.3 is 0 Å². The second-order valence-electron chi connectivity index (χ2n) is 5.07. The fourth-order valence-electron chi connectivity index (χ4n) is 1.65. The van der Waals surface area contributed by atoms with Gasteiger partial charge in [-0.05, 0) is 43.8 Å². The van der Waals surface area contributed by atoms with Crippen LogP contribution in [0.2, 0.25) is 0 Å². The third-order valence-electron chi connectivity index (χ3n) is 2.89. The number of nitrogens with zero attached hydrogens (tertiary/aromatic N) is 1. The van der Waals surface area contributed by atoms with E-state index in [1.807, 2.05) is 11.3 Å². The van der Waals surface area contributed by atoms with Gasteiger partial charge in [0.25, 0.3) is 0 Å². The average Bonchev–Trinajstić information content (AvgIpc) is 2.79. The summed E-state index contributed by atoms with van der Waals surface area (Å²) in [6.07, 6.45) is 2.46. The molecule has 0 radical (unpaired) electrons. The zero-order chi connectivity index (χ0) is 12.5. The molecule has 1 N–H and O–H groups in total. The number of nitrogens with one attached hydrogen (secondary N) is 1. The average molecular weight is 254 g/mol. The van der Waals surface area contributed by atoms with Crippen LogP contribution in [0.5, 0.6) is 0 Å². The molecule has 0 saturated carbocycles. The molecular weight excluding hydrogens is 228 g/mol. The summed E-state index contributed by atoms with van der Waals surface area (Å²) in [5.74, 6) is 0.809. The van der Waals surface area contributed by atoms with Gasteiger partial charge in [-0.25, -0.2) is 0 Å². The summed E-state index contributed by atoms with van der Waals surface area (Å²) in [7, 11) is 2.21. The first-order valence-electron chi connectivity index (χ1n) is 6.60. The lowest BCUT2D eigenvalue weighted by atomic mass is 10.1. The van der Waals surface area contributed by atoms with Crippen LogP contribution in [0, 0.1) is 5.92 Å². The SMILES string of the molecule is CC(C)CCN(C)CCNCCc1cccs1. The van der Waals surface area contributed by atoms with Gasteiger partial charge in [-0.1, -0.05) is 19.9 Å². The zero-order valence-corrected chi connectivity index (χ0v) is 12.2. The Morgan fingerprint density at radius 2 is 2.12 bits per heavy atom. The second-order valence-corrected chi connectivity index (χ2v) is 6.10. The summed E-state index contributed by atoms with van der Waals surface area (Å²) in [5, 5.41) is 5.66. The maximum absolute atomic E-state index is 3.51. The molecule has 0 atom stereocenters. The van der Waals surface area contributed by atoms with Crippen LogP contribution in [-0.4, -0.2) is 38.1 Å². The maximum Gasteiger partial charge on any atom is 0.0104 e. The molecule has 0 fully saturated rings. The van der Waals surface area contributed by atoms with Crippen LogP contribution in [0.25, 0.3) is 0 Å². The lowest BCUT2D eigenvalue weighted by Gasteiger charge is -2.17. The third-order valence-corrected chi connectivity index (χ3v) is 3.82. The van der Waals surface area contributed by atoms with E-state index in [0.29, 0.717) is 0 Å². The first-order chi connectivity index (χ1) is 8.18. The summed E-state index contributed by atoms with van der Waals surface area (Å²) < 4.78 is 0. The molecule has 2 nitrogen and oxygen atoms in total. The summed E-state index contributed by atoms with van der Waals surface area (Å²) in [4.78, 5) is 3.89. The van der Waals surface area contributed by atoms with E-state index < -0.39 is 0 Å². The Morgan fingerprint density at radius 3 is 2.76 bits per heavy atom. The van der Waals surface area contributed by atoms with Crippen molar-refractivity contribution in [2.75, 3.05) is 33.2 Å². The Morgan fingerprint density at radius 1 is 1.29 bits per heavy atom. The summed E-state index contributed by atoms with van der Waals surface area (Å²) in [5.41, 5.74) is 0. The molecule has 0 spiro atoms. The molecular formula is C14H26N2S. The zero-order valence-electron chi connectivity index (χ0n) is 11.4. The van der Waals surface area contributed by atoms with Crippen LogP contribution in [0.1, 0.15) is 25.1 Å². The Kier molecular flexibility index (Phi) is 7.49. The van der Waals surface area contributed by atoms with Crippen LogP contribution in [-0.2, 0) is 6.42 Å². The van der Waals surface area contributed by atoms with Crippen molar-refractivity contribution in [3.63, 3.8) is 0 Å². The van der Waals surface area contributed by atoms with Crippen LogP contribution in [0.3, 0.4) is 0 Å². The molecule has 0 bridgehead atoms. The van der Waals surface area contributed by atoms with Crippen molar-refractivity contribution in [2.45, 2.75) is 26.7 Å². The highest BCUT2D eigenvalue weighted by atomic mass is 32.1. The topological polar surface area (TPSA) is 15.3 Å². The first kappa shape index (κ1) is 14.7. The van der Waals surface area contributed by atoms with Gasteiger partial charge in [0.05, 0.1) is 0 Å². The quantitative estimate of drug-likeness (QED) is 0.682. The van der Waals surface area contributed by atoms with E-state index in [4.69, 9.17) is 0 Å². The van der Waals surface area contributed by atoms with E-state index >= 15 is 0 Å². The lowest BCUT2D eigenvalue weighted by Crippen LogP contribution is -2.31. The van der Waals surface area contributed by atoms with Crippen LogP contribution in [0.4, 0.5) is 0 Å². The predicted octanol–water partition coefficient (Wildman–Crippen LogP) is 2.86. The van der Waals surface area contributed by atoms with Gasteiger partial charge in [0.15, 0.2) is 0 Å². The molecule has 17 heavy (non-hydrogen) atoms. The highest BCUT2D eigenvalue weighted by molar-refractivity contribution is 7.09. The monoisotopic (exact) mass is 254 g/mol. The number of hydrogen-bond acceptors (Lipinski definition) is 3. The fourth-order valence-corrected chi connectivity index (χ4v) is 2.36. The number of rotatable bonds is 9. The smallest absolute Gasteiger partial charge is 0.0104 e. The molecule has 1 aromatic heterocycles. The number of hydrogen-bond donors (Lipinski definition) is 1. The molecule has 0 aliphatic carbocycles. The van der Waals surface area contributed by atoms with Crippen molar-refractivity contribution < 1.29 is 0 Å². The van der Waals surface area contributed by atoms with Crippen molar-refractivity contribution in [1.29, 1.82) is 0 Å². The minimum Gasteiger partial charge on any atom is -0.315 e. The highest BCUT2D eigenvalue weighted by Crippen LogP contribution is 2.07. The Labute approximate surface area is 110 Å². The van der Waals surface area contributed by atoms with Gasteiger partial charge in [0.2, 0.25) is 0 Å². The van der Waals surface area contributed by atoms with E-state index in [2.05, 4.69) is 48.6 Å². The van der Waals surface area contributed by atoms with Gasteiger partial charge in [-0.2, -0.15) is 0 Å². The fraction of sp³-hybridized carbons (Fsp3) is 0.714. The minimum atomic E-state index is 0.809. The molecule has 0 aliphatic rings. The molecule has 1 rings (SSSR count). The van der Waals surface area contributed by atoms with Crippen molar-refractivity contribution >= 4 is 11.3 Å². The van der Waals surface area contributed by atoms with Crippen LogP contribution in [0.15, 0.2) is 17.5 Å². The molecule has 3 heteroatoms. The van der Waals surface area contributed by atoms with Gasteiger partial charge in [0.1, 0.15) is 0 Å². The molecule has 0 aliphatic heterocycles. The minimum absolute atomic E-state index is 0.809. The molecule has 0 saturated heterocycles. The van der Waals surface area contributed by atoms with E-state index in [-0.39, 0.29) is 0 Å². The van der Waals surface area contributed by atoms with Crippen molar-refractivity contribution in [2.24, 2.45) is 5.92 Å². The largest absolute Gasteiger partial charge is 0.315 e. The third kappa shape index (κ3) is 7.53. The summed E-state index contributed by atoms with van der Waals surface area (Å²) >= 11 is 1.85. The first-order valence-corrected chi connectivity index (χ1v) is 7.48. The van der Waals surface area contributed by atoms with Crippen LogP contribution >= 0.6 is 11.3 Å². The second kappa shape index (κ2) is 8.67. The molecule has 0 amide bonds. The van der Waals surface area contributed by atoms with E-state index in [9.17, 15) is 0 Å². The highest BCUT2D eigenvalue weighted by Gasteiger charge is 2.00. The molecule has 1 heterocycles. The Balaban J connectivity index is 1.93. The maximum atomic E-state index is 3.51. The number of likely N-dealkylation sites (N-methyl/N-ethyl adjacent to an activating group) is 1. The van der Waals surface area contributed by atoms with E-state index in [1.165, 1.54) is 17.8 Å². The van der Waals surface area contributed by atoms with Gasteiger partial charge in [-0.3, -0.25) is 0 Å². The van der Waals surface area contributed by atoms with Crippen molar-refractivity contribution in [1.82, 2.24) is 10.2 Å². The van der Waals surface area contributed by atoms with E-state index in [1.54, 1.807) is 0 Å². The normalized spacial score (nSPS) is 11.6.